The summed E-state index contributed by atoms with van der Waals surface area (Å²) in [5, 5.41) is 7.26. The van der Waals surface area contributed by atoms with Crippen molar-refractivity contribution in [2.24, 2.45) is 5.92 Å². The van der Waals surface area contributed by atoms with Gasteiger partial charge in [-0.15, -0.1) is 0 Å². The van der Waals surface area contributed by atoms with Gasteiger partial charge in [0.15, 0.2) is 0 Å². The second kappa shape index (κ2) is 8.10. The highest BCUT2D eigenvalue weighted by molar-refractivity contribution is 5.86. The van der Waals surface area contributed by atoms with E-state index in [-0.39, 0.29) is 18.4 Å². The Morgan fingerprint density at radius 2 is 2.26 bits per heavy atom. The molecule has 1 aromatic heterocycles. The van der Waals surface area contributed by atoms with E-state index in [2.05, 4.69) is 10.4 Å². The zero-order chi connectivity index (χ0) is 16.8. The Morgan fingerprint density at radius 1 is 1.48 bits per heavy atom. The van der Waals surface area contributed by atoms with Crippen molar-refractivity contribution in [1.29, 1.82) is 0 Å². The summed E-state index contributed by atoms with van der Waals surface area (Å²) < 4.78 is 1.60. The van der Waals surface area contributed by atoms with E-state index in [0.29, 0.717) is 5.92 Å². The van der Waals surface area contributed by atoms with Crippen LogP contribution in [0.2, 0.25) is 0 Å². The summed E-state index contributed by atoms with van der Waals surface area (Å²) in [6.45, 7) is 4.40. The average Bonchev–Trinajstić information content (AvgIpc) is 3.08. The number of piperidine rings is 1. The molecule has 1 aliphatic rings. The first-order valence-electron chi connectivity index (χ1n) is 8.19. The molecule has 0 saturated carbocycles. The lowest BCUT2D eigenvalue weighted by Crippen LogP contribution is -2.47. The Morgan fingerprint density at radius 3 is 2.91 bits per heavy atom. The number of hydrogen-bond donors (Lipinski definition) is 1. The molecule has 2 rings (SSSR count). The van der Waals surface area contributed by atoms with E-state index < -0.39 is 6.04 Å². The van der Waals surface area contributed by atoms with Gasteiger partial charge in [0.25, 0.3) is 0 Å². The topological polar surface area (TPSA) is 70.5 Å². The molecule has 7 heteroatoms. The fraction of sp³-hybridized carbons (Fsp3) is 0.688. The number of hydrogen-bond acceptors (Lipinski definition) is 4. The maximum atomic E-state index is 12.5. The van der Waals surface area contributed by atoms with Gasteiger partial charge in [-0.2, -0.15) is 5.10 Å². The molecular formula is C16H27N5O2. The fourth-order valence-electron chi connectivity index (χ4n) is 3.07. The van der Waals surface area contributed by atoms with Crippen LogP contribution in [-0.2, 0) is 9.59 Å². The number of amides is 2. The number of nitrogens with one attached hydrogen (secondary N) is 1. The van der Waals surface area contributed by atoms with Crippen LogP contribution in [0, 0.1) is 5.92 Å². The SMILES string of the molecule is CNCC1CCCN(C(=O)CN(C)C(=O)C(C)n2cccn2)C1. The van der Waals surface area contributed by atoms with Gasteiger partial charge in [0.2, 0.25) is 11.8 Å². The van der Waals surface area contributed by atoms with Crippen LogP contribution in [0.1, 0.15) is 25.8 Å². The fourth-order valence-corrected chi connectivity index (χ4v) is 3.07. The first kappa shape index (κ1) is 17.5. The van der Waals surface area contributed by atoms with Gasteiger partial charge in [-0.3, -0.25) is 14.3 Å². The molecule has 1 N–H and O–H groups in total. The summed E-state index contributed by atoms with van der Waals surface area (Å²) in [6.07, 6.45) is 5.57. The molecule has 7 nitrogen and oxygen atoms in total. The van der Waals surface area contributed by atoms with E-state index in [4.69, 9.17) is 0 Å². The number of rotatable bonds is 6. The number of likely N-dealkylation sites (N-methyl/N-ethyl adjacent to an activating group) is 1. The van der Waals surface area contributed by atoms with Crippen LogP contribution in [0.4, 0.5) is 0 Å². The molecule has 2 heterocycles. The van der Waals surface area contributed by atoms with Crippen LogP contribution < -0.4 is 5.32 Å². The van der Waals surface area contributed by atoms with E-state index in [1.54, 1.807) is 37.1 Å². The molecule has 0 aliphatic carbocycles. The number of likely N-dealkylation sites (tertiary alicyclic amines) is 1. The molecule has 1 saturated heterocycles. The van der Waals surface area contributed by atoms with Crippen molar-refractivity contribution in [2.45, 2.75) is 25.8 Å². The third-order valence-corrected chi connectivity index (χ3v) is 4.39. The van der Waals surface area contributed by atoms with Crippen LogP contribution in [-0.4, -0.2) is 71.7 Å². The minimum Gasteiger partial charge on any atom is -0.341 e. The molecular weight excluding hydrogens is 294 g/mol. The Labute approximate surface area is 137 Å². The lowest BCUT2D eigenvalue weighted by molar-refractivity contribution is -0.142. The van der Waals surface area contributed by atoms with E-state index in [0.717, 1.165) is 32.5 Å². The van der Waals surface area contributed by atoms with Gasteiger partial charge in [0, 0.05) is 32.5 Å². The smallest absolute Gasteiger partial charge is 0.247 e. The van der Waals surface area contributed by atoms with E-state index >= 15 is 0 Å². The molecule has 1 fully saturated rings. The third-order valence-electron chi connectivity index (χ3n) is 4.39. The summed E-state index contributed by atoms with van der Waals surface area (Å²) in [5.41, 5.74) is 0. The number of carbonyl (C=O) groups excluding carboxylic acids is 2. The molecule has 1 aliphatic heterocycles. The number of nitrogens with zero attached hydrogens (tertiary/aromatic N) is 4. The van der Waals surface area contributed by atoms with E-state index in [1.165, 1.54) is 4.90 Å². The molecule has 2 atom stereocenters. The molecule has 2 amide bonds. The van der Waals surface area contributed by atoms with Crippen molar-refractivity contribution in [3.63, 3.8) is 0 Å². The zero-order valence-corrected chi connectivity index (χ0v) is 14.2. The van der Waals surface area contributed by atoms with Crippen LogP contribution in [0.25, 0.3) is 0 Å². The maximum absolute atomic E-state index is 12.5. The van der Waals surface area contributed by atoms with Crippen molar-refractivity contribution < 1.29 is 9.59 Å². The Kier molecular flexibility index (Phi) is 6.15. The Balaban J connectivity index is 1.87. The van der Waals surface area contributed by atoms with Crippen LogP contribution in [0.5, 0.6) is 0 Å². The highest BCUT2D eigenvalue weighted by Gasteiger charge is 2.26. The Hall–Kier alpha value is -1.89. The van der Waals surface area contributed by atoms with Crippen molar-refractivity contribution >= 4 is 11.8 Å². The molecule has 1 aromatic rings. The largest absolute Gasteiger partial charge is 0.341 e. The van der Waals surface area contributed by atoms with Gasteiger partial charge in [0.1, 0.15) is 6.04 Å². The zero-order valence-electron chi connectivity index (χ0n) is 14.2. The van der Waals surface area contributed by atoms with Crippen LogP contribution >= 0.6 is 0 Å². The van der Waals surface area contributed by atoms with Gasteiger partial charge in [-0.25, -0.2) is 0 Å². The van der Waals surface area contributed by atoms with Gasteiger partial charge in [0.05, 0.1) is 6.54 Å². The monoisotopic (exact) mass is 321 g/mol. The van der Waals surface area contributed by atoms with Gasteiger partial charge in [-0.1, -0.05) is 0 Å². The summed E-state index contributed by atoms with van der Waals surface area (Å²) in [5.74, 6) is 0.418. The highest BCUT2D eigenvalue weighted by Crippen LogP contribution is 2.16. The van der Waals surface area contributed by atoms with Gasteiger partial charge < -0.3 is 15.1 Å². The van der Waals surface area contributed by atoms with Crippen molar-refractivity contribution in [1.82, 2.24) is 24.9 Å². The minimum absolute atomic E-state index is 0.0225. The van der Waals surface area contributed by atoms with Gasteiger partial charge >= 0.3 is 0 Å². The summed E-state index contributed by atoms with van der Waals surface area (Å²) in [4.78, 5) is 28.3. The summed E-state index contributed by atoms with van der Waals surface area (Å²) in [6, 6.07) is 1.38. The van der Waals surface area contributed by atoms with Crippen LogP contribution in [0.3, 0.4) is 0 Å². The standard InChI is InChI=1S/C16H27N5O2/c1-13(21-9-5-7-18-21)16(23)19(3)12-15(22)20-8-4-6-14(11-20)10-17-2/h5,7,9,13-14,17H,4,6,8,10-12H2,1-3H3. The maximum Gasteiger partial charge on any atom is 0.247 e. The molecule has 128 valence electrons. The molecule has 0 bridgehead atoms. The van der Waals surface area contributed by atoms with Crippen molar-refractivity contribution in [2.75, 3.05) is 40.3 Å². The molecule has 0 spiro atoms. The Bertz CT molecular complexity index is 515. The molecule has 0 aromatic carbocycles. The summed E-state index contributed by atoms with van der Waals surface area (Å²) in [7, 11) is 3.61. The van der Waals surface area contributed by atoms with E-state index in [9.17, 15) is 9.59 Å². The lowest BCUT2D eigenvalue weighted by Gasteiger charge is -2.34. The normalized spacial score (nSPS) is 19.4. The first-order chi connectivity index (χ1) is 11.0. The lowest BCUT2D eigenvalue weighted by atomic mass is 9.98. The van der Waals surface area contributed by atoms with Crippen molar-refractivity contribution in [3.8, 4) is 0 Å². The second-order valence-corrected chi connectivity index (χ2v) is 6.26. The quantitative estimate of drug-likeness (QED) is 0.821. The first-order valence-corrected chi connectivity index (χ1v) is 8.19. The minimum atomic E-state index is -0.402. The number of aromatic nitrogens is 2. The molecule has 2 unspecified atom stereocenters. The predicted octanol–water partition coefficient (Wildman–Crippen LogP) is 0.361. The average molecular weight is 321 g/mol. The number of carbonyl (C=O) groups is 2. The predicted molar refractivity (Wildman–Crippen MR) is 87.8 cm³/mol. The van der Waals surface area contributed by atoms with Crippen molar-refractivity contribution in [3.05, 3.63) is 18.5 Å². The second-order valence-electron chi connectivity index (χ2n) is 6.26. The van der Waals surface area contributed by atoms with Gasteiger partial charge in [-0.05, 0) is 45.3 Å². The molecule has 23 heavy (non-hydrogen) atoms. The van der Waals surface area contributed by atoms with E-state index in [1.807, 2.05) is 11.9 Å². The summed E-state index contributed by atoms with van der Waals surface area (Å²) >= 11 is 0. The molecule has 0 radical (unpaired) electrons. The van der Waals surface area contributed by atoms with Crippen LogP contribution in [0.15, 0.2) is 18.5 Å². The highest BCUT2D eigenvalue weighted by atomic mass is 16.2. The third kappa shape index (κ3) is 4.54.